The number of carbonyl (C=O) groups excluding carboxylic acids is 1. The van der Waals surface area contributed by atoms with Gasteiger partial charge in [0.15, 0.2) is 0 Å². The Labute approximate surface area is 172 Å². The molecule has 29 heavy (non-hydrogen) atoms. The van der Waals surface area contributed by atoms with E-state index < -0.39 is 0 Å². The molecule has 0 aliphatic heterocycles. The van der Waals surface area contributed by atoms with Crippen LogP contribution in [0.1, 0.15) is 36.2 Å². The third-order valence-electron chi connectivity index (χ3n) is 4.89. The summed E-state index contributed by atoms with van der Waals surface area (Å²) in [5.74, 6) is 1.38. The highest BCUT2D eigenvalue weighted by atomic mass is 16.5. The predicted molar refractivity (Wildman–Crippen MR) is 116 cm³/mol. The van der Waals surface area contributed by atoms with E-state index in [-0.39, 0.29) is 11.9 Å². The zero-order chi connectivity index (χ0) is 20.6. The summed E-state index contributed by atoms with van der Waals surface area (Å²) in [6.45, 7) is 4.35. The van der Waals surface area contributed by atoms with Crippen molar-refractivity contribution in [3.8, 4) is 22.6 Å². The van der Waals surface area contributed by atoms with E-state index in [9.17, 15) is 4.79 Å². The molecule has 1 N–H and O–H groups in total. The van der Waals surface area contributed by atoms with Gasteiger partial charge in [-0.3, -0.25) is 4.79 Å². The van der Waals surface area contributed by atoms with Crippen LogP contribution in [-0.4, -0.2) is 19.1 Å². The van der Waals surface area contributed by atoms with Crippen molar-refractivity contribution in [2.45, 2.75) is 32.9 Å². The fraction of sp³-hybridized carbons (Fsp3) is 0.240. The molecule has 3 aromatic rings. The summed E-state index contributed by atoms with van der Waals surface area (Å²) >= 11 is 0. The molecule has 0 aliphatic rings. The largest absolute Gasteiger partial charge is 0.496 e. The lowest BCUT2D eigenvalue weighted by Crippen LogP contribution is -2.31. The van der Waals surface area contributed by atoms with Crippen LogP contribution in [0.3, 0.4) is 0 Å². The maximum absolute atomic E-state index is 12.4. The van der Waals surface area contributed by atoms with E-state index in [0.717, 1.165) is 23.3 Å². The van der Waals surface area contributed by atoms with Gasteiger partial charge in [-0.2, -0.15) is 0 Å². The van der Waals surface area contributed by atoms with Gasteiger partial charge in [0, 0.05) is 17.2 Å². The molecule has 3 aromatic carbocycles. The second-order valence-corrected chi connectivity index (χ2v) is 6.99. The van der Waals surface area contributed by atoms with Crippen LogP contribution in [0.5, 0.6) is 11.5 Å². The number of rotatable bonds is 8. The molecule has 0 fully saturated rings. The second kappa shape index (κ2) is 9.78. The fourth-order valence-corrected chi connectivity index (χ4v) is 2.98. The van der Waals surface area contributed by atoms with E-state index in [0.29, 0.717) is 17.9 Å². The van der Waals surface area contributed by atoms with E-state index in [1.165, 1.54) is 5.56 Å². The Morgan fingerprint density at radius 1 is 0.966 bits per heavy atom. The SMILES string of the molecule is CC[C@@H](C)NC(=O)c1ccc(OC)c(COc2ccc(-c3ccccc3)cc2)c1. The Kier molecular flexibility index (Phi) is 6.90. The first-order chi connectivity index (χ1) is 14.1. The van der Waals surface area contributed by atoms with Gasteiger partial charge in [-0.25, -0.2) is 0 Å². The number of amides is 1. The van der Waals surface area contributed by atoms with Crippen molar-refractivity contribution in [3.63, 3.8) is 0 Å². The summed E-state index contributed by atoms with van der Waals surface area (Å²) < 4.78 is 11.4. The first-order valence-corrected chi connectivity index (χ1v) is 9.86. The molecule has 3 rings (SSSR count). The number of hydrogen-bond acceptors (Lipinski definition) is 3. The van der Waals surface area contributed by atoms with Crippen molar-refractivity contribution in [1.82, 2.24) is 5.32 Å². The average molecular weight is 389 g/mol. The van der Waals surface area contributed by atoms with Crippen LogP contribution in [0, 0.1) is 0 Å². The van der Waals surface area contributed by atoms with Gasteiger partial charge in [0.25, 0.3) is 5.91 Å². The number of benzene rings is 3. The van der Waals surface area contributed by atoms with Gasteiger partial charge < -0.3 is 14.8 Å². The van der Waals surface area contributed by atoms with Gasteiger partial charge in [0.2, 0.25) is 0 Å². The Hall–Kier alpha value is -3.27. The van der Waals surface area contributed by atoms with Gasteiger partial charge in [-0.05, 0) is 54.8 Å². The van der Waals surface area contributed by atoms with E-state index in [1.807, 2.05) is 68.4 Å². The van der Waals surface area contributed by atoms with Crippen LogP contribution in [-0.2, 0) is 6.61 Å². The quantitative estimate of drug-likeness (QED) is 0.556. The van der Waals surface area contributed by atoms with Gasteiger partial charge in [0.1, 0.15) is 18.1 Å². The Morgan fingerprint density at radius 3 is 2.31 bits per heavy atom. The summed E-state index contributed by atoms with van der Waals surface area (Å²) in [5, 5.41) is 2.99. The van der Waals surface area contributed by atoms with Gasteiger partial charge >= 0.3 is 0 Å². The van der Waals surface area contributed by atoms with Crippen molar-refractivity contribution in [1.29, 1.82) is 0 Å². The Bertz CT molecular complexity index is 936. The minimum absolute atomic E-state index is 0.0875. The van der Waals surface area contributed by atoms with Crippen molar-refractivity contribution < 1.29 is 14.3 Å². The molecule has 0 aromatic heterocycles. The smallest absolute Gasteiger partial charge is 0.251 e. The highest BCUT2D eigenvalue weighted by molar-refractivity contribution is 5.94. The molecular weight excluding hydrogens is 362 g/mol. The van der Waals surface area contributed by atoms with Crippen molar-refractivity contribution in [2.75, 3.05) is 7.11 Å². The summed E-state index contributed by atoms with van der Waals surface area (Å²) in [4.78, 5) is 12.4. The minimum Gasteiger partial charge on any atom is -0.496 e. The van der Waals surface area contributed by atoms with Crippen LogP contribution in [0.15, 0.2) is 72.8 Å². The molecular formula is C25H27NO3. The second-order valence-electron chi connectivity index (χ2n) is 6.99. The highest BCUT2D eigenvalue weighted by Gasteiger charge is 2.12. The number of carbonyl (C=O) groups is 1. The molecule has 0 radical (unpaired) electrons. The normalized spacial score (nSPS) is 11.6. The number of ether oxygens (including phenoxy) is 2. The molecule has 0 saturated carbocycles. The molecule has 0 aliphatic carbocycles. The monoisotopic (exact) mass is 389 g/mol. The molecule has 0 spiro atoms. The van der Waals surface area contributed by atoms with Crippen LogP contribution in [0.25, 0.3) is 11.1 Å². The van der Waals surface area contributed by atoms with Gasteiger partial charge in [-0.1, -0.05) is 49.4 Å². The lowest BCUT2D eigenvalue weighted by atomic mass is 10.1. The van der Waals surface area contributed by atoms with Gasteiger partial charge in [-0.15, -0.1) is 0 Å². The summed E-state index contributed by atoms with van der Waals surface area (Å²) in [5.41, 5.74) is 3.74. The molecule has 150 valence electrons. The first kappa shape index (κ1) is 20.5. The maximum atomic E-state index is 12.4. The highest BCUT2D eigenvalue weighted by Crippen LogP contribution is 2.25. The van der Waals surface area contributed by atoms with E-state index in [1.54, 1.807) is 13.2 Å². The third-order valence-corrected chi connectivity index (χ3v) is 4.89. The summed E-state index contributed by atoms with van der Waals surface area (Å²) in [6.07, 6.45) is 0.886. The Morgan fingerprint density at radius 2 is 1.66 bits per heavy atom. The molecule has 0 heterocycles. The first-order valence-electron chi connectivity index (χ1n) is 9.86. The standard InChI is InChI=1S/C25H27NO3/c1-4-18(2)26-25(27)21-12-15-24(28-3)22(16-21)17-29-23-13-10-20(11-14-23)19-8-6-5-7-9-19/h5-16,18H,4,17H2,1-3H3,(H,26,27)/t18-/m1/s1. The molecule has 1 amide bonds. The van der Waals surface area contributed by atoms with Gasteiger partial charge in [0.05, 0.1) is 7.11 Å². The number of hydrogen-bond donors (Lipinski definition) is 1. The minimum atomic E-state index is -0.0875. The molecule has 0 unspecified atom stereocenters. The number of nitrogens with one attached hydrogen (secondary N) is 1. The Balaban J connectivity index is 1.70. The van der Waals surface area contributed by atoms with Crippen LogP contribution in [0.4, 0.5) is 0 Å². The zero-order valence-electron chi connectivity index (χ0n) is 17.1. The number of methoxy groups -OCH3 is 1. The topological polar surface area (TPSA) is 47.6 Å². The zero-order valence-corrected chi connectivity index (χ0v) is 17.1. The van der Waals surface area contributed by atoms with Crippen molar-refractivity contribution in [2.24, 2.45) is 0 Å². The van der Waals surface area contributed by atoms with Crippen molar-refractivity contribution >= 4 is 5.91 Å². The van der Waals surface area contributed by atoms with E-state index in [4.69, 9.17) is 9.47 Å². The third kappa shape index (κ3) is 5.38. The maximum Gasteiger partial charge on any atom is 0.251 e. The lowest BCUT2D eigenvalue weighted by molar-refractivity contribution is 0.0939. The molecule has 0 bridgehead atoms. The molecule has 1 atom stereocenters. The molecule has 4 heteroatoms. The lowest BCUT2D eigenvalue weighted by Gasteiger charge is -2.14. The summed E-state index contributed by atoms with van der Waals surface area (Å²) in [7, 11) is 1.62. The van der Waals surface area contributed by atoms with E-state index >= 15 is 0 Å². The fourth-order valence-electron chi connectivity index (χ4n) is 2.98. The van der Waals surface area contributed by atoms with Crippen LogP contribution < -0.4 is 14.8 Å². The molecule has 4 nitrogen and oxygen atoms in total. The summed E-state index contributed by atoms with van der Waals surface area (Å²) in [6, 6.07) is 23.7. The van der Waals surface area contributed by atoms with Crippen LogP contribution >= 0.6 is 0 Å². The average Bonchev–Trinajstić information content (AvgIpc) is 2.78. The van der Waals surface area contributed by atoms with Crippen molar-refractivity contribution in [3.05, 3.63) is 83.9 Å². The molecule has 0 saturated heterocycles. The van der Waals surface area contributed by atoms with Crippen LogP contribution in [0.2, 0.25) is 0 Å². The van der Waals surface area contributed by atoms with E-state index in [2.05, 4.69) is 17.4 Å². The predicted octanol–water partition coefficient (Wildman–Crippen LogP) is 5.47.